The lowest BCUT2D eigenvalue weighted by Gasteiger charge is -2.18. The number of aromatic nitrogens is 2. The van der Waals surface area contributed by atoms with Crippen molar-refractivity contribution in [2.45, 2.75) is 0 Å². The summed E-state index contributed by atoms with van der Waals surface area (Å²) in [6.07, 6.45) is 8.78. The number of hydrogen-bond donors (Lipinski definition) is 0. The Bertz CT molecular complexity index is 6020. The van der Waals surface area contributed by atoms with Gasteiger partial charge in [0.15, 0.2) is 0 Å². The van der Waals surface area contributed by atoms with Crippen LogP contribution in [0.25, 0.3) is 187 Å². The van der Waals surface area contributed by atoms with Gasteiger partial charge in [0.1, 0.15) is 0 Å². The van der Waals surface area contributed by atoms with E-state index in [1.165, 1.54) is 185 Å². The van der Waals surface area contributed by atoms with Crippen molar-refractivity contribution >= 4 is 154 Å². The first-order valence-corrected chi connectivity index (χ1v) is 33.9. The van der Waals surface area contributed by atoms with Crippen LogP contribution < -0.4 is 0 Å². The molecule has 0 radical (unpaired) electrons. The van der Waals surface area contributed by atoms with Crippen molar-refractivity contribution in [3.63, 3.8) is 0 Å². The molecule has 20 rings (SSSR count). The van der Waals surface area contributed by atoms with Crippen molar-refractivity contribution in [3.05, 3.63) is 362 Å². The van der Waals surface area contributed by atoms with Crippen LogP contribution in [-0.2, 0) is 14.1 Å². The number of hydrogen-bond acceptors (Lipinski definition) is 0. The fraction of sp³-hybridized carbons (Fsp3) is 0.0208. The Kier molecular flexibility index (Phi) is 14.4. The second-order valence-electron chi connectivity index (χ2n) is 26.0. The zero-order valence-corrected chi connectivity index (χ0v) is 54.5. The van der Waals surface area contributed by atoms with E-state index in [2.05, 4.69) is 387 Å². The number of nitrogens with zero attached hydrogens (tertiary/aromatic N) is 2. The summed E-state index contributed by atoms with van der Waals surface area (Å²) in [5.74, 6) is 0. The second-order valence-corrected chi connectivity index (χ2v) is 26.0. The van der Waals surface area contributed by atoms with Crippen LogP contribution in [0.1, 0.15) is 22.3 Å². The van der Waals surface area contributed by atoms with Gasteiger partial charge in [-0.05, 0) is 178 Å². The first-order chi connectivity index (χ1) is 48.4. The van der Waals surface area contributed by atoms with Crippen molar-refractivity contribution in [1.29, 1.82) is 0 Å². The van der Waals surface area contributed by atoms with Crippen molar-refractivity contribution in [3.8, 4) is 33.4 Å². The van der Waals surface area contributed by atoms with Gasteiger partial charge in [-0.3, -0.25) is 0 Å². The van der Waals surface area contributed by atoms with Crippen LogP contribution in [0.3, 0.4) is 0 Å². The highest BCUT2D eigenvalue weighted by Gasteiger charge is 2.18. The van der Waals surface area contributed by atoms with E-state index >= 15 is 0 Å². The third-order valence-corrected chi connectivity index (χ3v) is 20.4. The van der Waals surface area contributed by atoms with Crippen LogP contribution >= 0.6 is 0 Å². The van der Waals surface area contributed by atoms with Gasteiger partial charge in [-0.1, -0.05) is 328 Å². The lowest BCUT2D eigenvalue weighted by molar-refractivity contribution is 1.01. The highest BCUT2D eigenvalue weighted by Crippen LogP contribution is 2.45. The van der Waals surface area contributed by atoms with Gasteiger partial charge in [0, 0.05) is 57.7 Å². The summed E-state index contributed by atoms with van der Waals surface area (Å²) >= 11 is 0. The van der Waals surface area contributed by atoms with E-state index in [0.29, 0.717) is 0 Å². The average molecular weight is 1250 g/mol. The van der Waals surface area contributed by atoms with Gasteiger partial charge in [0.2, 0.25) is 0 Å². The molecule has 0 unspecified atom stereocenters. The summed E-state index contributed by atoms with van der Waals surface area (Å²) in [6.45, 7) is 0. The predicted molar refractivity (Wildman–Crippen MR) is 426 cm³/mol. The predicted octanol–water partition coefficient (Wildman–Crippen LogP) is 26.4. The molecule has 0 saturated heterocycles. The minimum absolute atomic E-state index is 1.19. The molecule has 0 aliphatic carbocycles. The van der Waals surface area contributed by atoms with Gasteiger partial charge in [0.25, 0.3) is 0 Å². The van der Waals surface area contributed by atoms with Crippen molar-refractivity contribution in [1.82, 2.24) is 9.13 Å². The minimum Gasteiger partial charge on any atom is -0.344 e. The Labute approximate surface area is 569 Å². The highest BCUT2D eigenvalue weighted by molar-refractivity contribution is 6.33. The quantitative estimate of drug-likeness (QED) is 0.0855. The van der Waals surface area contributed by atoms with Gasteiger partial charge in [-0.2, -0.15) is 0 Å². The Balaban J connectivity index is 0.000000114. The van der Waals surface area contributed by atoms with E-state index in [1.807, 2.05) is 0 Å². The third-order valence-electron chi connectivity index (χ3n) is 20.4. The van der Waals surface area contributed by atoms with E-state index in [9.17, 15) is 0 Å². The molecule has 0 fully saturated rings. The molecule has 2 heterocycles. The highest BCUT2D eigenvalue weighted by atomic mass is 14.9. The molecule has 0 spiro atoms. The van der Waals surface area contributed by atoms with Crippen molar-refractivity contribution < 1.29 is 0 Å². The topological polar surface area (TPSA) is 9.86 Å². The van der Waals surface area contributed by atoms with E-state index < -0.39 is 0 Å². The van der Waals surface area contributed by atoms with Gasteiger partial charge in [-0.25, -0.2) is 0 Å². The SMILES string of the molecule is Cn1c2ccccc2c2ccc(/C=C/c3ccc(-c4ccc(/C=C/c5ccc6c7ccccc7n(C)c6c5)cc4)cc3)cc21.c1cc2cccc3c4cccc5cccc(c(c1)c23)c54.c1ccc2cc(-c3c4ccccc4c(-c4ccc5ccccc5c4)c4ccccc34)ccc2c1. The summed E-state index contributed by atoms with van der Waals surface area (Å²) < 4.78 is 4.56. The normalized spacial score (nSPS) is 11.9. The zero-order valence-electron chi connectivity index (χ0n) is 54.5. The van der Waals surface area contributed by atoms with Gasteiger partial charge in [-0.15, -0.1) is 0 Å². The van der Waals surface area contributed by atoms with Crippen LogP contribution in [0.15, 0.2) is 340 Å². The molecule has 20 aromatic rings. The van der Waals surface area contributed by atoms with E-state index in [4.69, 9.17) is 0 Å². The molecule has 0 N–H and O–H groups in total. The smallest absolute Gasteiger partial charge is 0.0494 e. The molecule has 0 bridgehead atoms. The number of para-hydroxylation sites is 2. The van der Waals surface area contributed by atoms with Gasteiger partial charge < -0.3 is 9.13 Å². The van der Waals surface area contributed by atoms with E-state index in [-0.39, 0.29) is 0 Å². The molecular formula is C96H66N2. The molecule has 0 amide bonds. The number of benzene rings is 18. The van der Waals surface area contributed by atoms with E-state index in [0.717, 1.165) is 0 Å². The maximum absolute atomic E-state index is 2.33. The zero-order chi connectivity index (χ0) is 65.2. The molecule has 0 saturated carbocycles. The summed E-state index contributed by atoms with van der Waals surface area (Å²) in [5.41, 5.74) is 17.4. The van der Waals surface area contributed by atoms with Crippen LogP contribution in [-0.4, -0.2) is 9.13 Å². The molecule has 18 aromatic carbocycles. The Hall–Kier alpha value is -12.6. The first-order valence-electron chi connectivity index (χ1n) is 33.9. The molecule has 98 heavy (non-hydrogen) atoms. The summed E-state index contributed by atoms with van der Waals surface area (Å²) in [6, 6.07) is 123. The van der Waals surface area contributed by atoms with Crippen molar-refractivity contribution in [2.75, 3.05) is 0 Å². The number of fused-ring (bicyclic) bond motifs is 12. The molecule has 460 valence electrons. The van der Waals surface area contributed by atoms with Crippen molar-refractivity contribution in [2.24, 2.45) is 14.1 Å². The lowest BCUT2D eigenvalue weighted by atomic mass is 9.85. The molecular weight excluding hydrogens is 1180 g/mol. The molecule has 0 aliphatic rings. The molecule has 0 atom stereocenters. The Morgan fingerprint density at radius 2 is 0.459 bits per heavy atom. The van der Waals surface area contributed by atoms with Crippen LogP contribution in [0.2, 0.25) is 0 Å². The fourth-order valence-electron chi connectivity index (χ4n) is 15.5. The van der Waals surface area contributed by atoms with E-state index in [1.54, 1.807) is 0 Å². The monoisotopic (exact) mass is 1250 g/mol. The first kappa shape index (κ1) is 58.0. The third kappa shape index (κ3) is 10.2. The van der Waals surface area contributed by atoms with Gasteiger partial charge in [0.05, 0.1) is 0 Å². The second kappa shape index (κ2) is 24.3. The molecule has 2 aromatic heterocycles. The van der Waals surface area contributed by atoms with Crippen LogP contribution in [0, 0.1) is 0 Å². The Morgan fingerprint density at radius 1 is 0.184 bits per heavy atom. The molecule has 2 heteroatoms. The van der Waals surface area contributed by atoms with Crippen LogP contribution in [0.4, 0.5) is 0 Å². The molecule has 2 nitrogen and oxygen atoms in total. The average Bonchev–Trinajstić information content (AvgIpc) is 1.10. The minimum atomic E-state index is 1.19. The fourth-order valence-corrected chi connectivity index (χ4v) is 15.5. The van der Waals surface area contributed by atoms with Crippen LogP contribution in [0.5, 0.6) is 0 Å². The molecule has 0 aliphatic heterocycles. The Morgan fingerprint density at radius 3 is 0.837 bits per heavy atom. The largest absolute Gasteiger partial charge is 0.344 e. The standard InChI is InChI=1S/C42H32N2.C34H22.C20H12/c1-43-39-9-5-3-7-35(39)37-25-19-31(27-41(37)43)13-11-29-15-21-33(22-16-29)34-23-17-30(18-24-34)12-14-32-20-26-38-36-8-4-6-10-40(36)44(2)42(38)28-32;1-3-11-25-21-27(19-17-23(25)9-1)33-29-13-5-7-15-31(29)34(32-16-8-6-14-30(32)33)28-20-18-24-10-2-4-12-26(24)22-28;1-5-13-6-2-11-17-18-12-4-8-14-7-3-10-16(20(14)18)15(9-1)19(13)17/h3-28H,1-2H3;1-22H;1-12H/b13-11+,14-12+;;. The summed E-state index contributed by atoms with van der Waals surface area (Å²) in [5, 5.41) is 26.3. The lowest BCUT2D eigenvalue weighted by Crippen LogP contribution is -1.91. The number of rotatable bonds is 7. The summed E-state index contributed by atoms with van der Waals surface area (Å²) in [7, 11) is 4.29. The van der Waals surface area contributed by atoms with Gasteiger partial charge >= 0.3 is 0 Å². The maximum Gasteiger partial charge on any atom is 0.0494 e. The summed E-state index contributed by atoms with van der Waals surface area (Å²) in [4.78, 5) is 0. The maximum atomic E-state index is 2.33. The number of aryl methyl sites for hydroxylation is 2.